The largest absolute Gasteiger partial charge is 0.307 e. The standard InChI is InChI=1S/C8H18F2O3S/c1-7(2,5-9)14(11,12,13)8(3,4)6-10/h5-6H2,1-4H3,(H2,11,12,13). The zero-order valence-corrected chi connectivity index (χ0v) is 9.70. The molecule has 0 saturated carbocycles. The molecule has 3 nitrogen and oxygen atoms in total. The van der Waals surface area contributed by atoms with E-state index in [1.807, 2.05) is 0 Å². The fraction of sp³-hybridized carbons (Fsp3) is 1.00. The van der Waals surface area contributed by atoms with Crippen LogP contribution in [0.5, 0.6) is 0 Å². The number of alkyl halides is 2. The van der Waals surface area contributed by atoms with Gasteiger partial charge in [-0.15, -0.1) is 0 Å². The van der Waals surface area contributed by atoms with Crippen LogP contribution in [0.3, 0.4) is 0 Å². The summed E-state index contributed by atoms with van der Waals surface area (Å²) >= 11 is 0. The monoisotopic (exact) mass is 232 g/mol. The summed E-state index contributed by atoms with van der Waals surface area (Å²) < 4.78 is 52.6. The van der Waals surface area contributed by atoms with Gasteiger partial charge in [0, 0.05) is 0 Å². The summed E-state index contributed by atoms with van der Waals surface area (Å²) in [5.74, 6) is 0. The second kappa shape index (κ2) is 3.21. The van der Waals surface area contributed by atoms with Crippen molar-refractivity contribution in [3.05, 3.63) is 0 Å². The fourth-order valence-corrected chi connectivity index (χ4v) is 2.83. The minimum atomic E-state index is -5.37. The molecule has 0 unspecified atom stereocenters. The molecular weight excluding hydrogens is 214 g/mol. The third kappa shape index (κ3) is 1.59. The summed E-state index contributed by atoms with van der Waals surface area (Å²) in [6, 6.07) is 0. The van der Waals surface area contributed by atoms with Crippen LogP contribution in [0.15, 0.2) is 0 Å². The zero-order chi connectivity index (χ0) is 11.9. The van der Waals surface area contributed by atoms with Crippen molar-refractivity contribution in [2.45, 2.75) is 37.2 Å². The van der Waals surface area contributed by atoms with Crippen molar-refractivity contribution < 1.29 is 22.1 Å². The van der Waals surface area contributed by atoms with E-state index in [0.29, 0.717) is 0 Å². The van der Waals surface area contributed by atoms with Crippen molar-refractivity contribution >= 4 is 9.63 Å². The molecule has 2 N–H and O–H groups in total. The molecule has 0 aromatic heterocycles. The molecule has 0 aliphatic rings. The van der Waals surface area contributed by atoms with E-state index in [1.165, 1.54) is 0 Å². The summed E-state index contributed by atoms with van der Waals surface area (Å²) in [6.07, 6.45) is 0. The number of rotatable bonds is 4. The number of halogens is 2. The van der Waals surface area contributed by atoms with Crippen LogP contribution in [0.1, 0.15) is 27.7 Å². The highest BCUT2D eigenvalue weighted by atomic mass is 32.3. The van der Waals surface area contributed by atoms with Gasteiger partial charge in [0.15, 0.2) is 0 Å². The van der Waals surface area contributed by atoms with Gasteiger partial charge in [-0.1, -0.05) is 0 Å². The first-order chi connectivity index (χ1) is 5.91. The Morgan fingerprint density at radius 2 is 1.21 bits per heavy atom. The Bertz CT molecular complexity index is 258. The van der Waals surface area contributed by atoms with E-state index in [1.54, 1.807) is 0 Å². The number of hydrogen-bond donors (Lipinski definition) is 2. The van der Waals surface area contributed by atoms with Crippen LogP contribution in [-0.4, -0.2) is 36.2 Å². The average Bonchev–Trinajstić information content (AvgIpc) is 2.02. The van der Waals surface area contributed by atoms with Gasteiger partial charge < -0.3 is 9.11 Å². The first-order valence-corrected chi connectivity index (χ1v) is 6.06. The quantitative estimate of drug-likeness (QED) is 0.781. The molecule has 0 aromatic carbocycles. The Morgan fingerprint density at radius 3 is 1.36 bits per heavy atom. The van der Waals surface area contributed by atoms with Crippen LogP contribution in [0, 0.1) is 0 Å². The summed E-state index contributed by atoms with van der Waals surface area (Å²) in [5, 5.41) is 0. The lowest BCUT2D eigenvalue weighted by Crippen LogP contribution is -2.65. The Hall–Kier alpha value is -0.0700. The van der Waals surface area contributed by atoms with Gasteiger partial charge in [-0.3, -0.25) is 0 Å². The van der Waals surface area contributed by atoms with Crippen LogP contribution >= 0.6 is 0 Å². The van der Waals surface area contributed by atoms with E-state index in [9.17, 15) is 22.1 Å². The summed E-state index contributed by atoms with van der Waals surface area (Å²) in [5.41, 5.74) is 0. The maximum absolute atomic E-state index is 12.6. The fourth-order valence-electron chi connectivity index (χ4n) is 0.945. The molecule has 0 rings (SSSR count). The maximum atomic E-state index is 12.6. The normalized spacial score (nSPS) is 17.6. The smallest absolute Gasteiger partial charge is 0.109 e. The van der Waals surface area contributed by atoms with Gasteiger partial charge in [0.25, 0.3) is 0 Å². The van der Waals surface area contributed by atoms with E-state index in [4.69, 9.17) is 0 Å². The van der Waals surface area contributed by atoms with Crippen LogP contribution in [0.2, 0.25) is 0 Å². The van der Waals surface area contributed by atoms with Crippen molar-refractivity contribution in [3.63, 3.8) is 0 Å². The first kappa shape index (κ1) is 13.9. The molecule has 0 bridgehead atoms. The molecule has 0 radical (unpaired) electrons. The summed E-state index contributed by atoms with van der Waals surface area (Å²) in [4.78, 5) is 0. The minimum absolute atomic E-state index is 1.10. The molecule has 0 atom stereocenters. The molecule has 6 heteroatoms. The van der Waals surface area contributed by atoms with E-state index in [2.05, 4.69) is 0 Å². The molecule has 0 aliphatic heterocycles. The molecule has 0 spiro atoms. The lowest BCUT2D eigenvalue weighted by atomic mass is 10.2. The predicted octanol–water partition coefficient (Wildman–Crippen LogP) is 2.25. The van der Waals surface area contributed by atoms with Gasteiger partial charge in [-0.2, -0.15) is 0 Å². The van der Waals surface area contributed by atoms with Gasteiger partial charge in [0.05, 0.1) is 19.1 Å². The SMILES string of the molecule is CC(C)(CF)S(=O)(O)(O)C(C)(C)CF. The van der Waals surface area contributed by atoms with Gasteiger partial charge in [-0.05, 0) is 27.7 Å². The molecule has 0 aliphatic carbocycles. The highest BCUT2D eigenvalue weighted by Gasteiger charge is 2.58. The maximum Gasteiger partial charge on any atom is 0.109 e. The average molecular weight is 232 g/mol. The molecule has 0 fully saturated rings. The third-order valence-corrected chi connectivity index (χ3v) is 6.84. The minimum Gasteiger partial charge on any atom is -0.307 e. The van der Waals surface area contributed by atoms with E-state index in [0.717, 1.165) is 27.7 Å². The second-order valence-corrected chi connectivity index (χ2v) is 8.59. The highest BCUT2D eigenvalue weighted by Crippen LogP contribution is 2.45. The van der Waals surface area contributed by atoms with Crippen LogP contribution in [-0.2, 0) is 9.63 Å². The van der Waals surface area contributed by atoms with Gasteiger partial charge in [-0.25, -0.2) is 13.0 Å². The van der Waals surface area contributed by atoms with Crippen molar-refractivity contribution in [2.24, 2.45) is 0 Å². The van der Waals surface area contributed by atoms with Crippen molar-refractivity contribution in [1.82, 2.24) is 0 Å². The van der Waals surface area contributed by atoms with E-state index < -0.39 is 32.5 Å². The van der Waals surface area contributed by atoms with E-state index in [-0.39, 0.29) is 0 Å². The van der Waals surface area contributed by atoms with Crippen LogP contribution < -0.4 is 0 Å². The first-order valence-electron chi connectivity index (χ1n) is 4.18. The highest BCUT2D eigenvalue weighted by molar-refractivity contribution is 8.12. The molecule has 0 amide bonds. The lowest BCUT2D eigenvalue weighted by Gasteiger charge is -2.51. The summed E-state index contributed by atoms with van der Waals surface area (Å²) in [7, 11) is -5.37. The Balaban J connectivity index is 5.59. The van der Waals surface area contributed by atoms with Crippen molar-refractivity contribution in [1.29, 1.82) is 0 Å². The molecule has 0 heterocycles. The van der Waals surface area contributed by atoms with Gasteiger partial charge in [0.1, 0.15) is 13.3 Å². The van der Waals surface area contributed by atoms with Crippen molar-refractivity contribution in [2.75, 3.05) is 13.3 Å². The Labute approximate surface area is 82.9 Å². The molecular formula is C8H18F2O3S. The topological polar surface area (TPSA) is 57.5 Å². The second-order valence-electron chi connectivity index (χ2n) is 4.65. The van der Waals surface area contributed by atoms with Crippen LogP contribution in [0.4, 0.5) is 8.78 Å². The number of hydrogen-bond acceptors (Lipinski definition) is 1. The Morgan fingerprint density at radius 1 is 1.00 bits per heavy atom. The van der Waals surface area contributed by atoms with E-state index >= 15 is 0 Å². The zero-order valence-electron chi connectivity index (χ0n) is 8.88. The lowest BCUT2D eigenvalue weighted by molar-refractivity contribution is 0.270. The molecule has 14 heavy (non-hydrogen) atoms. The van der Waals surface area contributed by atoms with Crippen molar-refractivity contribution in [3.8, 4) is 0 Å². The third-order valence-electron chi connectivity index (χ3n) is 2.64. The van der Waals surface area contributed by atoms with Crippen LogP contribution in [0.25, 0.3) is 0 Å². The molecule has 88 valence electrons. The molecule has 0 aromatic rings. The Kier molecular flexibility index (Phi) is 3.20. The van der Waals surface area contributed by atoms with Gasteiger partial charge in [0.2, 0.25) is 0 Å². The predicted molar refractivity (Wildman–Crippen MR) is 53.5 cm³/mol. The summed E-state index contributed by atoms with van der Waals surface area (Å²) in [6.45, 7) is 1.99. The van der Waals surface area contributed by atoms with Gasteiger partial charge >= 0.3 is 0 Å². The molecule has 0 saturated heterocycles.